The van der Waals surface area contributed by atoms with Gasteiger partial charge in [0.1, 0.15) is 0 Å². The molecular formula is C13H15NO3S. The Hall–Kier alpha value is -1.49. The molecule has 0 saturated carbocycles. The summed E-state index contributed by atoms with van der Waals surface area (Å²) in [5.41, 5.74) is 1.04. The predicted octanol–water partition coefficient (Wildman–Crippen LogP) is 2.02. The largest absolute Gasteiger partial charge is 0.478 e. The maximum absolute atomic E-state index is 11.8. The van der Waals surface area contributed by atoms with Crippen molar-refractivity contribution in [2.75, 3.05) is 13.6 Å². The molecular weight excluding hydrogens is 250 g/mol. The summed E-state index contributed by atoms with van der Waals surface area (Å²) in [5.74, 6) is -0.803. The van der Waals surface area contributed by atoms with Crippen molar-refractivity contribution < 1.29 is 14.7 Å². The molecule has 5 heteroatoms. The first-order valence-corrected chi connectivity index (χ1v) is 6.62. The Labute approximate surface area is 110 Å². The first-order valence-electron chi connectivity index (χ1n) is 5.74. The molecule has 0 radical (unpaired) electrons. The van der Waals surface area contributed by atoms with Gasteiger partial charge in [-0.25, -0.2) is 4.79 Å². The van der Waals surface area contributed by atoms with Gasteiger partial charge in [-0.3, -0.25) is 4.79 Å². The van der Waals surface area contributed by atoms with Crippen LogP contribution in [0.2, 0.25) is 0 Å². The van der Waals surface area contributed by atoms with E-state index in [2.05, 4.69) is 0 Å². The fraction of sp³-hybridized carbons (Fsp3) is 0.385. The molecule has 1 heterocycles. The molecule has 1 unspecified atom stereocenters. The Morgan fingerprint density at radius 3 is 2.78 bits per heavy atom. The molecule has 0 spiro atoms. The van der Waals surface area contributed by atoms with Crippen molar-refractivity contribution in [1.29, 1.82) is 0 Å². The van der Waals surface area contributed by atoms with Gasteiger partial charge in [-0.1, -0.05) is 6.07 Å². The van der Waals surface area contributed by atoms with Crippen LogP contribution in [0.4, 0.5) is 0 Å². The van der Waals surface area contributed by atoms with Crippen LogP contribution in [0, 0.1) is 6.92 Å². The molecule has 1 aliphatic heterocycles. The van der Waals surface area contributed by atoms with Crippen molar-refractivity contribution in [2.24, 2.45) is 0 Å². The van der Waals surface area contributed by atoms with Gasteiger partial charge in [0.15, 0.2) is 0 Å². The molecule has 2 rings (SSSR count). The van der Waals surface area contributed by atoms with Crippen LogP contribution in [-0.4, -0.2) is 40.7 Å². The minimum absolute atomic E-state index is 0.0839. The SMILES string of the molecule is Cc1ccc(SC2CCN(C)C2=O)cc1C(=O)O. The number of aromatic carboxylic acids is 1. The average Bonchev–Trinajstić information content (AvgIpc) is 2.63. The monoisotopic (exact) mass is 265 g/mol. The summed E-state index contributed by atoms with van der Waals surface area (Å²) in [4.78, 5) is 25.4. The number of hydrogen-bond donors (Lipinski definition) is 1. The second-order valence-corrected chi connectivity index (χ2v) is 5.71. The molecule has 1 aliphatic rings. The maximum atomic E-state index is 11.8. The van der Waals surface area contributed by atoms with E-state index in [4.69, 9.17) is 5.11 Å². The highest BCUT2D eigenvalue weighted by molar-refractivity contribution is 8.00. The molecule has 1 amide bonds. The Bertz CT molecular complexity index is 501. The number of carboxylic acids is 1. The molecule has 0 aromatic heterocycles. The van der Waals surface area contributed by atoms with Gasteiger partial charge in [-0.15, -0.1) is 11.8 Å². The van der Waals surface area contributed by atoms with E-state index in [1.165, 1.54) is 11.8 Å². The van der Waals surface area contributed by atoms with E-state index in [0.717, 1.165) is 23.4 Å². The number of carboxylic acid groups (broad SMARTS) is 1. The Kier molecular flexibility index (Phi) is 3.61. The molecule has 96 valence electrons. The Balaban J connectivity index is 2.18. The van der Waals surface area contributed by atoms with Gasteiger partial charge in [-0.05, 0) is 31.0 Å². The number of thioether (sulfide) groups is 1. The number of carbonyl (C=O) groups is 2. The van der Waals surface area contributed by atoms with E-state index in [1.807, 2.05) is 6.07 Å². The number of nitrogens with zero attached hydrogens (tertiary/aromatic N) is 1. The van der Waals surface area contributed by atoms with Crippen molar-refractivity contribution in [1.82, 2.24) is 4.90 Å². The van der Waals surface area contributed by atoms with Crippen LogP contribution in [0.15, 0.2) is 23.1 Å². The summed E-state index contributed by atoms with van der Waals surface area (Å²) in [6.07, 6.45) is 0.816. The van der Waals surface area contributed by atoms with Crippen molar-refractivity contribution in [3.05, 3.63) is 29.3 Å². The van der Waals surface area contributed by atoms with Crippen LogP contribution in [-0.2, 0) is 4.79 Å². The van der Waals surface area contributed by atoms with Crippen LogP contribution >= 0.6 is 11.8 Å². The van der Waals surface area contributed by atoms with Crippen molar-refractivity contribution >= 4 is 23.6 Å². The van der Waals surface area contributed by atoms with Gasteiger partial charge in [-0.2, -0.15) is 0 Å². The molecule has 0 bridgehead atoms. The molecule has 1 aromatic carbocycles. The lowest BCUT2D eigenvalue weighted by Crippen LogP contribution is -2.23. The predicted molar refractivity (Wildman–Crippen MR) is 70.0 cm³/mol. The van der Waals surface area contributed by atoms with Crippen LogP contribution in [0.3, 0.4) is 0 Å². The second-order valence-electron chi connectivity index (χ2n) is 4.44. The van der Waals surface area contributed by atoms with Crippen molar-refractivity contribution in [2.45, 2.75) is 23.5 Å². The van der Waals surface area contributed by atoms with Gasteiger partial charge in [0.25, 0.3) is 0 Å². The van der Waals surface area contributed by atoms with E-state index in [0.29, 0.717) is 5.56 Å². The molecule has 1 atom stereocenters. The molecule has 1 N–H and O–H groups in total. The van der Waals surface area contributed by atoms with Crippen LogP contribution in [0.1, 0.15) is 22.3 Å². The molecule has 0 aliphatic carbocycles. The zero-order valence-electron chi connectivity index (χ0n) is 10.3. The maximum Gasteiger partial charge on any atom is 0.335 e. The highest BCUT2D eigenvalue weighted by atomic mass is 32.2. The summed E-state index contributed by atoms with van der Waals surface area (Å²) in [5, 5.41) is 8.98. The molecule has 18 heavy (non-hydrogen) atoms. The smallest absolute Gasteiger partial charge is 0.335 e. The first kappa shape index (κ1) is 13.0. The fourth-order valence-corrected chi connectivity index (χ4v) is 3.13. The molecule has 1 saturated heterocycles. The molecule has 1 aromatic rings. The second kappa shape index (κ2) is 5.02. The minimum atomic E-state index is -0.926. The Morgan fingerprint density at radius 2 is 2.22 bits per heavy atom. The van der Waals surface area contributed by atoms with Crippen molar-refractivity contribution in [3.8, 4) is 0 Å². The normalized spacial score (nSPS) is 19.3. The van der Waals surface area contributed by atoms with Gasteiger partial charge in [0.2, 0.25) is 5.91 Å². The summed E-state index contributed by atoms with van der Waals surface area (Å²) >= 11 is 1.45. The minimum Gasteiger partial charge on any atom is -0.478 e. The Morgan fingerprint density at radius 1 is 1.50 bits per heavy atom. The summed E-state index contributed by atoms with van der Waals surface area (Å²) in [7, 11) is 1.79. The van der Waals surface area contributed by atoms with Crippen LogP contribution < -0.4 is 0 Å². The van der Waals surface area contributed by atoms with Crippen LogP contribution in [0.5, 0.6) is 0 Å². The number of benzene rings is 1. The van der Waals surface area contributed by atoms with Gasteiger partial charge < -0.3 is 10.0 Å². The third-order valence-electron chi connectivity index (χ3n) is 3.10. The number of rotatable bonds is 3. The number of aryl methyl sites for hydroxylation is 1. The lowest BCUT2D eigenvalue weighted by Gasteiger charge is -2.11. The summed E-state index contributed by atoms with van der Waals surface area (Å²) < 4.78 is 0. The third-order valence-corrected chi connectivity index (χ3v) is 4.34. The third kappa shape index (κ3) is 2.51. The number of amides is 1. The molecule has 4 nitrogen and oxygen atoms in total. The van der Waals surface area contributed by atoms with Gasteiger partial charge >= 0.3 is 5.97 Å². The highest BCUT2D eigenvalue weighted by Gasteiger charge is 2.29. The van der Waals surface area contributed by atoms with Gasteiger partial charge in [0.05, 0.1) is 10.8 Å². The highest BCUT2D eigenvalue weighted by Crippen LogP contribution is 2.31. The lowest BCUT2D eigenvalue weighted by atomic mass is 10.1. The average molecular weight is 265 g/mol. The first-order chi connectivity index (χ1) is 8.49. The number of hydrogen-bond acceptors (Lipinski definition) is 3. The standard InChI is InChI=1S/C13H15NO3S/c1-8-3-4-9(7-10(8)13(16)17)18-11-5-6-14(2)12(11)15/h3-4,7,11H,5-6H2,1-2H3,(H,16,17). The van der Waals surface area contributed by atoms with E-state index < -0.39 is 5.97 Å². The van der Waals surface area contributed by atoms with E-state index >= 15 is 0 Å². The number of likely N-dealkylation sites (tertiary alicyclic amines) is 1. The zero-order valence-corrected chi connectivity index (χ0v) is 11.2. The summed E-state index contributed by atoms with van der Waals surface area (Å²) in [6, 6.07) is 5.31. The topological polar surface area (TPSA) is 57.6 Å². The quantitative estimate of drug-likeness (QED) is 0.908. The van der Waals surface area contributed by atoms with Crippen LogP contribution in [0.25, 0.3) is 0 Å². The summed E-state index contributed by atoms with van der Waals surface area (Å²) in [6.45, 7) is 2.54. The van der Waals surface area contributed by atoms with Crippen molar-refractivity contribution in [3.63, 3.8) is 0 Å². The molecule has 1 fully saturated rings. The van der Waals surface area contributed by atoms with E-state index in [9.17, 15) is 9.59 Å². The number of carbonyl (C=O) groups excluding carboxylic acids is 1. The zero-order chi connectivity index (χ0) is 13.3. The van der Waals surface area contributed by atoms with Gasteiger partial charge in [0, 0.05) is 18.5 Å². The lowest BCUT2D eigenvalue weighted by molar-refractivity contribution is -0.126. The van der Waals surface area contributed by atoms with E-state index in [-0.39, 0.29) is 11.2 Å². The fourth-order valence-electron chi connectivity index (χ4n) is 1.97. The van der Waals surface area contributed by atoms with E-state index in [1.54, 1.807) is 31.0 Å².